The van der Waals surface area contributed by atoms with Crippen LogP contribution in [0.15, 0.2) is 23.3 Å². The van der Waals surface area contributed by atoms with E-state index in [1.165, 1.54) is 18.3 Å². The van der Waals surface area contributed by atoms with Gasteiger partial charge >= 0.3 is 0 Å². The molecule has 2 N–H and O–H groups in total. The number of nitrogens with two attached hydrogens (primary N) is 1. The van der Waals surface area contributed by atoms with Crippen LogP contribution in [0.5, 0.6) is 0 Å². The highest BCUT2D eigenvalue weighted by molar-refractivity contribution is 5.19. The lowest BCUT2D eigenvalue weighted by molar-refractivity contribution is 0.206. The molecule has 2 heteroatoms. The molecule has 2 nitrogen and oxygen atoms in total. The second kappa shape index (κ2) is 9.40. The van der Waals surface area contributed by atoms with Crippen LogP contribution in [0.1, 0.15) is 29.1 Å². The van der Waals surface area contributed by atoms with Gasteiger partial charge in [0.2, 0.25) is 0 Å². The third-order valence-corrected chi connectivity index (χ3v) is 1.21. The summed E-state index contributed by atoms with van der Waals surface area (Å²) in [6.07, 6.45) is 4.18. The topological polar surface area (TPSA) is 35.2 Å². The van der Waals surface area contributed by atoms with Gasteiger partial charge in [0.15, 0.2) is 0 Å². The highest BCUT2D eigenvalue weighted by Crippen LogP contribution is 2.01. The summed E-state index contributed by atoms with van der Waals surface area (Å²) in [7, 11) is 1.40. The molecule has 11 heavy (non-hydrogen) atoms. The second-order valence-electron chi connectivity index (χ2n) is 2.42. The smallest absolute Gasteiger partial charge is 0.0569 e. The van der Waals surface area contributed by atoms with Crippen molar-refractivity contribution in [1.29, 1.82) is 0 Å². The molecule has 0 saturated heterocycles. The van der Waals surface area contributed by atoms with Crippen molar-refractivity contribution in [3.8, 4) is 0 Å². The zero-order chi connectivity index (χ0) is 9.28. The minimum atomic E-state index is 0. The number of hydrogen-bond donors (Lipinski definition) is 1. The highest BCUT2D eigenvalue weighted by Gasteiger charge is 1.80. The normalized spacial score (nSPS) is 8.91. The average Bonchev–Trinajstić information content (AvgIpc) is 1.90. The van der Waals surface area contributed by atoms with E-state index in [1.807, 2.05) is 6.92 Å². The van der Waals surface area contributed by atoms with Gasteiger partial charge in [0, 0.05) is 1.43 Å². The molecule has 0 rings (SSSR count). The molecule has 0 amide bonds. The molecule has 0 spiro atoms. The van der Waals surface area contributed by atoms with Crippen LogP contribution in [0.3, 0.4) is 0 Å². The van der Waals surface area contributed by atoms with Crippen LogP contribution in [0.25, 0.3) is 0 Å². The number of allylic oxidation sites excluding steroid dienone is 4. The molecule has 0 aliphatic carbocycles. The van der Waals surface area contributed by atoms with Gasteiger partial charge in [0.05, 0.1) is 7.11 Å². The fourth-order valence-corrected chi connectivity index (χ4v) is 0.417. The summed E-state index contributed by atoms with van der Waals surface area (Å²) in [4.78, 5) is 3.75. The zero-order valence-corrected chi connectivity index (χ0v) is 8.14. The van der Waals surface area contributed by atoms with Crippen molar-refractivity contribution >= 4 is 0 Å². The van der Waals surface area contributed by atoms with E-state index in [1.54, 1.807) is 0 Å². The highest BCUT2D eigenvalue weighted by atomic mass is 16.6. The molecule has 0 saturated carbocycles. The fourth-order valence-electron chi connectivity index (χ4n) is 0.417. The summed E-state index contributed by atoms with van der Waals surface area (Å²) in [5, 5.41) is 0. The van der Waals surface area contributed by atoms with E-state index in [2.05, 4.69) is 43.7 Å². The first kappa shape index (κ1) is 13.0. The van der Waals surface area contributed by atoms with E-state index in [9.17, 15) is 0 Å². The van der Waals surface area contributed by atoms with Crippen LogP contribution in [0.4, 0.5) is 0 Å². The van der Waals surface area contributed by atoms with Gasteiger partial charge in [0.1, 0.15) is 0 Å². The van der Waals surface area contributed by atoms with Crippen molar-refractivity contribution in [1.82, 2.24) is 0 Å². The Morgan fingerprint density at radius 3 is 1.82 bits per heavy atom. The Morgan fingerprint density at radius 1 is 1.36 bits per heavy atom. The van der Waals surface area contributed by atoms with E-state index in [0.717, 1.165) is 0 Å². The van der Waals surface area contributed by atoms with E-state index in [4.69, 9.17) is 0 Å². The molecule has 0 bridgehead atoms. The van der Waals surface area contributed by atoms with Crippen LogP contribution >= 0.6 is 0 Å². The average molecular weight is 159 g/mol. The van der Waals surface area contributed by atoms with Crippen molar-refractivity contribution in [2.45, 2.75) is 27.7 Å². The molecule has 0 heterocycles. The van der Waals surface area contributed by atoms with E-state index in [-0.39, 0.29) is 1.43 Å². The maximum absolute atomic E-state index is 4.35. The summed E-state index contributed by atoms with van der Waals surface area (Å²) in [5.41, 5.74) is 2.76. The van der Waals surface area contributed by atoms with Gasteiger partial charge in [-0.3, -0.25) is 0 Å². The summed E-state index contributed by atoms with van der Waals surface area (Å²) in [6.45, 7) is 8.40. The minimum Gasteiger partial charge on any atom is -0.308 e. The molecular weight excluding hydrogens is 138 g/mol. The molecule has 0 aromatic carbocycles. The van der Waals surface area contributed by atoms with Crippen LogP contribution in [-0.4, -0.2) is 7.11 Å². The molecule has 0 aromatic heterocycles. The van der Waals surface area contributed by atoms with Crippen molar-refractivity contribution in [3.05, 3.63) is 23.3 Å². The first-order valence-corrected chi connectivity index (χ1v) is 3.59. The Labute approximate surface area is 71.2 Å². The quantitative estimate of drug-likeness (QED) is 0.471. The number of rotatable bonds is 1. The van der Waals surface area contributed by atoms with Gasteiger partial charge in [-0.2, -0.15) is 0 Å². The largest absolute Gasteiger partial charge is 0.308 e. The SMILES string of the molecule is C/C=C/C(C)=C(C)C.CON.[HH]. The first-order valence-electron chi connectivity index (χ1n) is 3.59. The van der Waals surface area contributed by atoms with Gasteiger partial charge in [-0.25, -0.2) is 5.90 Å². The lowest BCUT2D eigenvalue weighted by atomic mass is 10.2. The maximum atomic E-state index is 4.35. The van der Waals surface area contributed by atoms with Crippen LogP contribution in [0.2, 0.25) is 0 Å². The van der Waals surface area contributed by atoms with Crippen molar-refractivity contribution < 1.29 is 6.26 Å². The van der Waals surface area contributed by atoms with Gasteiger partial charge in [0.25, 0.3) is 0 Å². The summed E-state index contributed by atoms with van der Waals surface area (Å²) in [6, 6.07) is 0. The van der Waals surface area contributed by atoms with E-state index in [0.29, 0.717) is 0 Å². The molecule has 68 valence electrons. The Balaban J connectivity index is -0.000000177. The van der Waals surface area contributed by atoms with E-state index < -0.39 is 0 Å². The molecule has 0 radical (unpaired) electrons. The Kier molecular flexibility index (Phi) is 11.1. The van der Waals surface area contributed by atoms with E-state index >= 15 is 0 Å². The van der Waals surface area contributed by atoms with Crippen LogP contribution in [0, 0.1) is 0 Å². The standard InChI is InChI=1S/C8H14.CH5NO.H2/c1-5-6-8(4)7(2)3;1-3-2;/h5-6H,1-4H3;2H2,1H3;1H/b6-5+;;. The molecule has 0 atom stereocenters. The van der Waals surface area contributed by atoms with Gasteiger partial charge in [-0.1, -0.05) is 23.3 Å². The van der Waals surface area contributed by atoms with Crippen molar-refractivity contribution in [2.24, 2.45) is 5.90 Å². The number of hydrogen-bond acceptors (Lipinski definition) is 2. The van der Waals surface area contributed by atoms with Crippen LogP contribution in [-0.2, 0) is 4.84 Å². The molecule has 0 aliphatic heterocycles. The molecule has 0 unspecified atom stereocenters. The second-order valence-corrected chi connectivity index (χ2v) is 2.42. The molecule has 0 fully saturated rings. The van der Waals surface area contributed by atoms with Gasteiger partial charge < -0.3 is 4.84 Å². The van der Waals surface area contributed by atoms with Crippen LogP contribution < -0.4 is 5.90 Å². The third kappa shape index (κ3) is 12.6. The maximum Gasteiger partial charge on any atom is 0.0569 e. The predicted octanol–water partition coefficient (Wildman–Crippen LogP) is 2.67. The lowest BCUT2D eigenvalue weighted by Crippen LogP contribution is -1.86. The molecule has 0 aromatic rings. The Bertz CT molecular complexity index is 137. The summed E-state index contributed by atoms with van der Waals surface area (Å²) in [5.74, 6) is 4.35. The molecular formula is C9H21NO. The lowest BCUT2D eigenvalue weighted by Gasteiger charge is -1.91. The monoisotopic (exact) mass is 159 g/mol. The Morgan fingerprint density at radius 2 is 1.73 bits per heavy atom. The Hall–Kier alpha value is -0.600. The van der Waals surface area contributed by atoms with Crippen molar-refractivity contribution in [3.63, 3.8) is 0 Å². The van der Waals surface area contributed by atoms with Gasteiger partial charge in [-0.05, 0) is 27.7 Å². The first-order chi connectivity index (χ1) is 5.09. The zero-order valence-electron chi connectivity index (χ0n) is 8.14. The minimum absolute atomic E-state index is 0. The van der Waals surface area contributed by atoms with Crippen molar-refractivity contribution in [2.75, 3.05) is 7.11 Å². The van der Waals surface area contributed by atoms with Gasteiger partial charge in [-0.15, -0.1) is 0 Å². The summed E-state index contributed by atoms with van der Waals surface area (Å²) >= 11 is 0. The predicted molar refractivity (Wildman–Crippen MR) is 52.2 cm³/mol. The molecule has 0 aliphatic rings. The fraction of sp³-hybridized carbons (Fsp3) is 0.556. The third-order valence-electron chi connectivity index (χ3n) is 1.21. The summed E-state index contributed by atoms with van der Waals surface area (Å²) < 4.78 is 0.